The first-order valence-electron chi connectivity index (χ1n) is 6.90. The van der Waals surface area contributed by atoms with Crippen LogP contribution in [0.4, 0.5) is 0 Å². The zero-order valence-corrected chi connectivity index (χ0v) is 12.3. The number of aromatic nitrogens is 1. The number of hydrogen-bond donors (Lipinski definition) is 0. The quantitative estimate of drug-likeness (QED) is 0.613. The highest BCUT2D eigenvalue weighted by atomic mass is 16.5. The Balaban J connectivity index is 2.07. The number of pyridine rings is 1. The van der Waals surface area contributed by atoms with E-state index in [-0.39, 0.29) is 17.9 Å². The minimum atomic E-state index is -0.828. The van der Waals surface area contributed by atoms with E-state index in [0.29, 0.717) is 6.42 Å². The molecule has 21 heavy (non-hydrogen) atoms. The van der Waals surface area contributed by atoms with E-state index < -0.39 is 11.5 Å². The van der Waals surface area contributed by atoms with Crippen molar-refractivity contribution in [3.05, 3.63) is 41.2 Å². The van der Waals surface area contributed by atoms with E-state index in [9.17, 15) is 9.59 Å². The molecular weight excluding hydrogens is 270 g/mol. The number of ether oxygens (including phenoxy) is 2. The summed E-state index contributed by atoms with van der Waals surface area (Å²) in [4.78, 5) is 28.0. The Morgan fingerprint density at radius 1 is 1.38 bits per heavy atom. The Bertz CT molecular complexity index is 652. The molecule has 0 saturated carbocycles. The van der Waals surface area contributed by atoms with Crippen LogP contribution >= 0.6 is 0 Å². The van der Waals surface area contributed by atoms with Crippen LogP contribution in [-0.4, -0.2) is 30.1 Å². The van der Waals surface area contributed by atoms with E-state index >= 15 is 0 Å². The number of hydrogen-bond acceptors (Lipinski definition) is 5. The highest BCUT2D eigenvalue weighted by Crippen LogP contribution is 2.58. The van der Waals surface area contributed by atoms with Crippen LogP contribution in [0.15, 0.2) is 24.4 Å². The maximum absolute atomic E-state index is 12.4. The average molecular weight is 287 g/mol. The van der Waals surface area contributed by atoms with Gasteiger partial charge in [-0.15, -0.1) is 0 Å². The fraction of sp³-hybridized carbons (Fsp3) is 0.438. The van der Waals surface area contributed by atoms with Crippen molar-refractivity contribution in [3.8, 4) is 0 Å². The van der Waals surface area contributed by atoms with E-state index in [1.54, 1.807) is 6.20 Å². The zero-order valence-electron chi connectivity index (χ0n) is 12.3. The van der Waals surface area contributed by atoms with Crippen molar-refractivity contribution in [2.45, 2.75) is 37.7 Å². The van der Waals surface area contributed by atoms with Gasteiger partial charge >= 0.3 is 11.9 Å². The molecule has 3 rings (SSSR count). The number of fused-ring (bicyclic) bond motifs is 4. The van der Waals surface area contributed by atoms with Crippen molar-refractivity contribution in [2.24, 2.45) is 0 Å². The summed E-state index contributed by atoms with van der Waals surface area (Å²) >= 11 is 0. The summed E-state index contributed by atoms with van der Waals surface area (Å²) < 4.78 is 10.3. The molecule has 2 aliphatic carbocycles. The molecule has 110 valence electrons. The second kappa shape index (κ2) is 4.69. The number of nitrogens with zero attached hydrogens (tertiary/aromatic N) is 1. The molecule has 0 saturated heterocycles. The van der Waals surface area contributed by atoms with Crippen molar-refractivity contribution in [3.63, 3.8) is 0 Å². The van der Waals surface area contributed by atoms with Crippen LogP contribution < -0.4 is 0 Å². The number of methoxy groups -OCH3 is 1. The van der Waals surface area contributed by atoms with Gasteiger partial charge in [0.15, 0.2) is 0 Å². The van der Waals surface area contributed by atoms with Gasteiger partial charge in [0, 0.05) is 25.5 Å². The van der Waals surface area contributed by atoms with Gasteiger partial charge in [0.2, 0.25) is 0 Å². The number of rotatable bonds is 2. The Labute approximate surface area is 123 Å². The standard InChI is InChI=1S/C16H17NO4/c1-9-6-7-17-14-13(9)12-5-4-11(21-10(2)18)8-16(12,14)15(19)20-3/h4-7,11-12H,8H2,1-3H3/t11-,12+,16-/m1/s1. The van der Waals surface area contributed by atoms with E-state index in [1.807, 2.05) is 25.1 Å². The molecule has 3 atom stereocenters. The summed E-state index contributed by atoms with van der Waals surface area (Å²) in [5, 5.41) is 0. The summed E-state index contributed by atoms with van der Waals surface area (Å²) in [6.07, 6.45) is 5.44. The molecule has 0 radical (unpaired) electrons. The molecule has 0 N–H and O–H groups in total. The van der Waals surface area contributed by atoms with Crippen LogP contribution in [0.5, 0.6) is 0 Å². The maximum Gasteiger partial charge on any atom is 0.319 e. The largest absolute Gasteiger partial charge is 0.468 e. The molecule has 5 heteroatoms. The van der Waals surface area contributed by atoms with Gasteiger partial charge in [-0.3, -0.25) is 14.6 Å². The van der Waals surface area contributed by atoms with Crippen molar-refractivity contribution >= 4 is 11.9 Å². The molecule has 5 nitrogen and oxygen atoms in total. The molecule has 1 aromatic rings. The van der Waals surface area contributed by atoms with Gasteiger partial charge in [-0.1, -0.05) is 6.08 Å². The fourth-order valence-electron chi connectivity index (χ4n) is 3.52. The second-order valence-electron chi connectivity index (χ2n) is 5.57. The molecule has 1 aromatic heterocycles. The molecule has 0 fully saturated rings. The van der Waals surface area contributed by atoms with E-state index in [0.717, 1.165) is 16.8 Å². The van der Waals surface area contributed by atoms with Gasteiger partial charge in [-0.25, -0.2) is 0 Å². The molecule has 0 aliphatic heterocycles. The summed E-state index contributed by atoms with van der Waals surface area (Å²) in [6.45, 7) is 3.37. The van der Waals surface area contributed by atoms with E-state index in [1.165, 1.54) is 14.0 Å². The lowest BCUT2D eigenvalue weighted by Crippen LogP contribution is -2.55. The van der Waals surface area contributed by atoms with Crippen molar-refractivity contribution in [1.82, 2.24) is 4.98 Å². The fourth-order valence-corrected chi connectivity index (χ4v) is 3.52. The smallest absolute Gasteiger partial charge is 0.319 e. The van der Waals surface area contributed by atoms with Gasteiger partial charge in [-0.05, 0) is 30.2 Å². The van der Waals surface area contributed by atoms with Gasteiger partial charge in [-0.2, -0.15) is 0 Å². The first-order valence-corrected chi connectivity index (χ1v) is 6.90. The number of allylic oxidation sites excluding steroid dienone is 1. The van der Waals surface area contributed by atoms with Gasteiger partial charge in [0.1, 0.15) is 11.5 Å². The average Bonchev–Trinajstić information content (AvgIpc) is 2.43. The Morgan fingerprint density at radius 3 is 2.81 bits per heavy atom. The van der Waals surface area contributed by atoms with E-state index in [2.05, 4.69) is 4.98 Å². The first kappa shape index (κ1) is 13.8. The normalized spacial score (nSPS) is 28.9. The highest BCUT2D eigenvalue weighted by molar-refractivity contribution is 5.89. The summed E-state index contributed by atoms with van der Waals surface area (Å²) in [6, 6.07) is 1.94. The summed E-state index contributed by atoms with van der Waals surface area (Å²) in [5.74, 6) is -0.736. The van der Waals surface area contributed by atoms with Gasteiger partial charge in [0.25, 0.3) is 0 Å². The second-order valence-corrected chi connectivity index (χ2v) is 5.57. The third kappa shape index (κ3) is 1.80. The topological polar surface area (TPSA) is 65.5 Å². The lowest BCUT2D eigenvalue weighted by Gasteiger charge is -2.50. The lowest BCUT2D eigenvalue weighted by molar-refractivity contribution is -0.156. The van der Waals surface area contributed by atoms with Crippen LogP contribution in [0.3, 0.4) is 0 Å². The maximum atomic E-state index is 12.4. The molecule has 0 unspecified atom stereocenters. The zero-order chi connectivity index (χ0) is 15.2. The summed E-state index contributed by atoms with van der Waals surface area (Å²) in [5.41, 5.74) is 2.12. The molecule has 0 amide bonds. The Kier molecular flexibility index (Phi) is 3.08. The minimum absolute atomic E-state index is 0.0551. The molecule has 1 heterocycles. The number of carbonyl (C=O) groups is 2. The van der Waals surface area contributed by atoms with Crippen molar-refractivity contribution in [1.29, 1.82) is 0 Å². The molecule has 0 aromatic carbocycles. The number of aryl methyl sites for hydroxylation is 1. The Morgan fingerprint density at radius 2 is 2.14 bits per heavy atom. The molecule has 0 bridgehead atoms. The predicted octanol–water partition coefficient (Wildman–Crippen LogP) is 1.79. The van der Waals surface area contributed by atoms with Gasteiger partial charge < -0.3 is 9.47 Å². The predicted molar refractivity (Wildman–Crippen MR) is 74.7 cm³/mol. The highest BCUT2D eigenvalue weighted by Gasteiger charge is 2.61. The molecular formula is C16H17NO4. The first-order chi connectivity index (χ1) is 10.0. The monoisotopic (exact) mass is 287 g/mol. The van der Waals surface area contributed by atoms with Crippen LogP contribution in [0.1, 0.15) is 36.1 Å². The SMILES string of the molecule is COC(=O)[C@]12C[C@H](OC(C)=O)C=C[C@H]1c1c(C)ccnc12. The van der Waals surface area contributed by atoms with Crippen LogP contribution in [0.25, 0.3) is 0 Å². The van der Waals surface area contributed by atoms with E-state index in [4.69, 9.17) is 9.47 Å². The van der Waals surface area contributed by atoms with Crippen molar-refractivity contribution < 1.29 is 19.1 Å². The molecule has 0 spiro atoms. The van der Waals surface area contributed by atoms with Crippen molar-refractivity contribution in [2.75, 3.05) is 7.11 Å². The minimum Gasteiger partial charge on any atom is -0.468 e. The van der Waals surface area contributed by atoms with Crippen LogP contribution in [0, 0.1) is 6.92 Å². The third-order valence-electron chi connectivity index (χ3n) is 4.38. The number of esters is 2. The third-order valence-corrected chi connectivity index (χ3v) is 4.38. The van der Waals surface area contributed by atoms with Crippen LogP contribution in [-0.2, 0) is 24.5 Å². The lowest BCUT2D eigenvalue weighted by atomic mass is 9.53. The Hall–Kier alpha value is -2.17. The van der Waals surface area contributed by atoms with Crippen LogP contribution in [0.2, 0.25) is 0 Å². The summed E-state index contributed by atoms with van der Waals surface area (Å²) in [7, 11) is 1.38. The van der Waals surface area contributed by atoms with Gasteiger partial charge in [0.05, 0.1) is 12.8 Å². The number of carbonyl (C=O) groups excluding carboxylic acids is 2. The molecule has 2 aliphatic rings.